The van der Waals surface area contributed by atoms with E-state index >= 15 is 0 Å². The lowest BCUT2D eigenvalue weighted by Gasteiger charge is -2.24. The van der Waals surface area contributed by atoms with Crippen LogP contribution in [0.1, 0.15) is 25.0 Å². The molecule has 1 heterocycles. The van der Waals surface area contributed by atoms with E-state index in [2.05, 4.69) is 4.74 Å². The standard InChI is InChI=1S/C15H18O4/c1-15(2,17)13-9-11-8-10(4-6-12(11)19-13)5-7-14(16)18-3/h4-8,13,17H,9H2,1-3H3/b7-5+. The topological polar surface area (TPSA) is 55.8 Å². The zero-order chi connectivity index (χ0) is 14.0. The van der Waals surface area contributed by atoms with Gasteiger partial charge in [-0.1, -0.05) is 6.07 Å². The number of fused-ring (bicyclic) bond motifs is 1. The van der Waals surface area contributed by atoms with Gasteiger partial charge in [-0.15, -0.1) is 0 Å². The van der Waals surface area contributed by atoms with Gasteiger partial charge in [-0.3, -0.25) is 0 Å². The molecule has 1 unspecified atom stereocenters. The molecule has 1 aromatic carbocycles. The lowest BCUT2D eigenvalue weighted by Crippen LogP contribution is -2.39. The van der Waals surface area contributed by atoms with Gasteiger partial charge in [0.15, 0.2) is 0 Å². The van der Waals surface area contributed by atoms with E-state index < -0.39 is 5.60 Å². The maximum absolute atomic E-state index is 11.0. The summed E-state index contributed by atoms with van der Waals surface area (Å²) in [5.74, 6) is 0.411. The monoisotopic (exact) mass is 262 g/mol. The number of carbonyl (C=O) groups is 1. The predicted molar refractivity (Wildman–Crippen MR) is 71.9 cm³/mol. The number of rotatable bonds is 3. The van der Waals surface area contributed by atoms with Crippen LogP contribution in [0.4, 0.5) is 0 Å². The van der Waals surface area contributed by atoms with Crippen LogP contribution < -0.4 is 4.74 Å². The Balaban J connectivity index is 2.15. The minimum atomic E-state index is -0.874. The fourth-order valence-electron chi connectivity index (χ4n) is 2.00. The summed E-state index contributed by atoms with van der Waals surface area (Å²) in [5.41, 5.74) is 1.07. The highest BCUT2D eigenvalue weighted by atomic mass is 16.5. The fourth-order valence-corrected chi connectivity index (χ4v) is 2.00. The minimum Gasteiger partial charge on any atom is -0.487 e. The second-order valence-electron chi connectivity index (χ2n) is 5.19. The molecule has 0 aromatic heterocycles. The van der Waals surface area contributed by atoms with Crippen LogP contribution >= 0.6 is 0 Å². The number of benzene rings is 1. The van der Waals surface area contributed by atoms with Gasteiger partial charge in [-0.05, 0) is 43.2 Å². The third kappa shape index (κ3) is 3.15. The second kappa shape index (κ2) is 5.05. The second-order valence-corrected chi connectivity index (χ2v) is 5.19. The Labute approximate surface area is 112 Å². The molecule has 102 valence electrons. The maximum atomic E-state index is 11.0. The van der Waals surface area contributed by atoms with Crippen molar-refractivity contribution in [2.45, 2.75) is 32.0 Å². The van der Waals surface area contributed by atoms with Crippen LogP contribution in [-0.4, -0.2) is 29.9 Å². The van der Waals surface area contributed by atoms with Gasteiger partial charge < -0.3 is 14.6 Å². The van der Waals surface area contributed by atoms with E-state index in [1.807, 2.05) is 18.2 Å². The first-order chi connectivity index (χ1) is 8.90. The van der Waals surface area contributed by atoms with E-state index in [-0.39, 0.29) is 12.1 Å². The predicted octanol–water partition coefficient (Wildman–Crippen LogP) is 1.95. The van der Waals surface area contributed by atoms with E-state index in [1.54, 1.807) is 19.9 Å². The Kier molecular flexibility index (Phi) is 3.62. The Morgan fingerprint density at radius 2 is 2.26 bits per heavy atom. The third-order valence-electron chi connectivity index (χ3n) is 3.16. The number of hydrogen-bond donors (Lipinski definition) is 1. The smallest absolute Gasteiger partial charge is 0.330 e. The van der Waals surface area contributed by atoms with Gasteiger partial charge in [0, 0.05) is 12.5 Å². The molecule has 0 saturated carbocycles. The molecule has 0 bridgehead atoms. The van der Waals surface area contributed by atoms with Gasteiger partial charge in [0.2, 0.25) is 0 Å². The van der Waals surface area contributed by atoms with Crippen molar-refractivity contribution in [3.63, 3.8) is 0 Å². The molecule has 19 heavy (non-hydrogen) atoms. The zero-order valence-corrected chi connectivity index (χ0v) is 11.3. The quantitative estimate of drug-likeness (QED) is 0.668. The molecule has 1 aliphatic heterocycles. The van der Waals surface area contributed by atoms with Crippen molar-refractivity contribution in [1.82, 2.24) is 0 Å². The molecule has 1 atom stereocenters. The minimum absolute atomic E-state index is 0.234. The molecule has 0 aliphatic carbocycles. The molecule has 2 rings (SSSR count). The Morgan fingerprint density at radius 3 is 2.89 bits per heavy atom. The highest BCUT2D eigenvalue weighted by molar-refractivity contribution is 5.87. The van der Waals surface area contributed by atoms with Gasteiger partial charge in [-0.2, -0.15) is 0 Å². The Morgan fingerprint density at radius 1 is 1.53 bits per heavy atom. The van der Waals surface area contributed by atoms with Gasteiger partial charge >= 0.3 is 5.97 Å². The summed E-state index contributed by atoms with van der Waals surface area (Å²) in [6, 6.07) is 5.68. The van der Waals surface area contributed by atoms with Crippen LogP contribution in [0.2, 0.25) is 0 Å². The van der Waals surface area contributed by atoms with Crippen LogP contribution in [0.25, 0.3) is 6.08 Å². The molecule has 1 aromatic rings. The lowest BCUT2D eigenvalue weighted by molar-refractivity contribution is -0.134. The van der Waals surface area contributed by atoms with E-state index in [0.29, 0.717) is 6.42 Å². The van der Waals surface area contributed by atoms with Crippen molar-refractivity contribution in [2.75, 3.05) is 7.11 Å². The summed E-state index contributed by atoms with van der Waals surface area (Å²) in [5, 5.41) is 9.97. The summed E-state index contributed by atoms with van der Waals surface area (Å²) >= 11 is 0. The van der Waals surface area contributed by atoms with E-state index in [0.717, 1.165) is 16.9 Å². The van der Waals surface area contributed by atoms with E-state index in [1.165, 1.54) is 13.2 Å². The molecule has 1 aliphatic rings. The van der Waals surface area contributed by atoms with Crippen LogP contribution in [0, 0.1) is 0 Å². The van der Waals surface area contributed by atoms with Crippen molar-refractivity contribution in [1.29, 1.82) is 0 Å². The molecular formula is C15H18O4. The summed E-state index contributed by atoms with van der Waals surface area (Å²) in [4.78, 5) is 11.0. The molecule has 0 saturated heterocycles. The summed E-state index contributed by atoms with van der Waals surface area (Å²) < 4.78 is 10.3. The first-order valence-corrected chi connectivity index (χ1v) is 6.18. The Bertz CT molecular complexity index is 511. The molecule has 0 fully saturated rings. The summed E-state index contributed by atoms with van der Waals surface area (Å²) in [6.45, 7) is 3.48. The number of aliphatic hydroxyl groups is 1. The number of methoxy groups -OCH3 is 1. The van der Waals surface area contributed by atoms with Gasteiger partial charge in [0.05, 0.1) is 12.7 Å². The summed E-state index contributed by atoms with van der Waals surface area (Å²) in [6.07, 6.45) is 3.51. The number of carbonyl (C=O) groups excluding carboxylic acids is 1. The fraction of sp³-hybridized carbons (Fsp3) is 0.400. The lowest BCUT2D eigenvalue weighted by atomic mass is 9.96. The maximum Gasteiger partial charge on any atom is 0.330 e. The Hall–Kier alpha value is -1.81. The van der Waals surface area contributed by atoms with Crippen LogP contribution in [0.15, 0.2) is 24.3 Å². The van der Waals surface area contributed by atoms with E-state index in [4.69, 9.17) is 4.74 Å². The van der Waals surface area contributed by atoms with Crippen LogP contribution in [0.3, 0.4) is 0 Å². The highest BCUT2D eigenvalue weighted by Crippen LogP contribution is 2.33. The first-order valence-electron chi connectivity index (χ1n) is 6.18. The van der Waals surface area contributed by atoms with Gasteiger partial charge in [-0.25, -0.2) is 4.79 Å². The average Bonchev–Trinajstić information content (AvgIpc) is 2.78. The molecule has 4 nitrogen and oxygen atoms in total. The molecule has 4 heteroatoms. The summed E-state index contributed by atoms with van der Waals surface area (Å²) in [7, 11) is 1.34. The van der Waals surface area contributed by atoms with Crippen molar-refractivity contribution in [3.8, 4) is 5.75 Å². The highest BCUT2D eigenvalue weighted by Gasteiger charge is 2.34. The van der Waals surface area contributed by atoms with Crippen molar-refractivity contribution in [2.24, 2.45) is 0 Å². The largest absolute Gasteiger partial charge is 0.487 e. The van der Waals surface area contributed by atoms with Crippen LogP contribution in [0.5, 0.6) is 5.75 Å². The van der Waals surface area contributed by atoms with Gasteiger partial charge in [0.1, 0.15) is 11.9 Å². The van der Waals surface area contributed by atoms with Crippen molar-refractivity contribution in [3.05, 3.63) is 35.4 Å². The normalized spacial score (nSPS) is 18.2. The number of hydrogen-bond acceptors (Lipinski definition) is 4. The molecule has 0 spiro atoms. The first kappa shape index (κ1) is 13.6. The third-order valence-corrected chi connectivity index (χ3v) is 3.16. The molecule has 1 N–H and O–H groups in total. The van der Waals surface area contributed by atoms with Crippen molar-refractivity contribution < 1.29 is 19.4 Å². The van der Waals surface area contributed by atoms with Crippen LogP contribution in [-0.2, 0) is 16.0 Å². The zero-order valence-electron chi connectivity index (χ0n) is 11.3. The van der Waals surface area contributed by atoms with Gasteiger partial charge in [0.25, 0.3) is 0 Å². The van der Waals surface area contributed by atoms with Crippen molar-refractivity contribution >= 4 is 12.0 Å². The SMILES string of the molecule is COC(=O)/C=C/c1ccc2c(c1)CC(C(C)(C)O)O2. The molecule has 0 amide bonds. The molecular weight excluding hydrogens is 244 g/mol. The number of ether oxygens (including phenoxy) is 2. The average molecular weight is 262 g/mol. The molecule has 0 radical (unpaired) electrons. The number of esters is 1. The van der Waals surface area contributed by atoms with E-state index in [9.17, 15) is 9.90 Å².